The van der Waals surface area contributed by atoms with Gasteiger partial charge in [-0.3, -0.25) is 0 Å². The molecular weight excluding hydrogens is 202 g/mol. The smallest absolute Gasteiger partial charge is 0.160 e. The fourth-order valence-electron chi connectivity index (χ4n) is 1.35. The molecule has 0 fully saturated rings. The summed E-state index contributed by atoms with van der Waals surface area (Å²) in [7, 11) is 1.90. The Morgan fingerprint density at radius 1 is 1.31 bits per heavy atom. The molecule has 1 heterocycles. The minimum Gasteiger partial charge on any atom is -0.487 e. The predicted octanol–water partition coefficient (Wildman–Crippen LogP) is 2.11. The molecule has 4 nitrogen and oxygen atoms in total. The van der Waals surface area contributed by atoms with Crippen LogP contribution in [0.1, 0.15) is 45.1 Å². The maximum Gasteiger partial charge on any atom is 0.160 e. The van der Waals surface area contributed by atoms with E-state index in [4.69, 9.17) is 4.74 Å². The third-order valence-electron chi connectivity index (χ3n) is 2.07. The average Bonchev–Trinajstić information content (AvgIpc) is 2.20. The first-order chi connectivity index (χ1) is 7.54. The first-order valence-corrected chi connectivity index (χ1v) is 5.71. The molecule has 0 unspecified atom stereocenters. The van der Waals surface area contributed by atoms with E-state index in [1.807, 2.05) is 20.9 Å². The van der Waals surface area contributed by atoms with Crippen molar-refractivity contribution in [3.8, 4) is 5.75 Å². The maximum atomic E-state index is 5.67. The van der Waals surface area contributed by atoms with E-state index in [0.29, 0.717) is 12.5 Å². The summed E-state index contributed by atoms with van der Waals surface area (Å²) in [5.41, 5.74) is 0.926. The van der Waals surface area contributed by atoms with E-state index in [2.05, 4.69) is 29.1 Å². The second-order valence-corrected chi connectivity index (χ2v) is 4.39. The number of rotatable bonds is 5. The number of ether oxygens (including phenoxy) is 1. The van der Waals surface area contributed by atoms with Gasteiger partial charge in [0.2, 0.25) is 0 Å². The number of hydrogen-bond donors (Lipinski definition) is 1. The minimum atomic E-state index is 0.143. The lowest BCUT2D eigenvalue weighted by molar-refractivity contribution is 0.237. The summed E-state index contributed by atoms with van der Waals surface area (Å²) in [5, 5.41) is 3.09. The summed E-state index contributed by atoms with van der Waals surface area (Å²) in [6, 6.07) is 0. The largest absolute Gasteiger partial charge is 0.487 e. The van der Waals surface area contributed by atoms with Gasteiger partial charge in [-0.15, -0.1) is 0 Å². The summed E-state index contributed by atoms with van der Waals surface area (Å²) in [6.45, 7) is 8.87. The van der Waals surface area contributed by atoms with Crippen LogP contribution < -0.4 is 10.1 Å². The van der Waals surface area contributed by atoms with E-state index in [0.717, 1.165) is 17.3 Å². The van der Waals surface area contributed by atoms with Crippen molar-refractivity contribution in [2.75, 3.05) is 7.05 Å². The lowest BCUT2D eigenvalue weighted by atomic mass is 10.2. The van der Waals surface area contributed by atoms with Crippen LogP contribution in [0.5, 0.6) is 5.75 Å². The molecule has 0 atom stereocenters. The number of aromatic nitrogens is 2. The van der Waals surface area contributed by atoms with Crippen LogP contribution in [-0.4, -0.2) is 23.1 Å². The van der Waals surface area contributed by atoms with Gasteiger partial charge in [-0.1, -0.05) is 13.8 Å². The topological polar surface area (TPSA) is 47.0 Å². The zero-order valence-electron chi connectivity index (χ0n) is 10.7. The van der Waals surface area contributed by atoms with E-state index in [1.54, 1.807) is 6.20 Å². The second-order valence-electron chi connectivity index (χ2n) is 4.39. The Hall–Kier alpha value is -1.16. The molecule has 0 saturated carbocycles. The minimum absolute atomic E-state index is 0.143. The van der Waals surface area contributed by atoms with E-state index < -0.39 is 0 Å². The number of nitrogens with zero attached hydrogens (tertiary/aromatic N) is 2. The molecule has 0 spiro atoms. The van der Waals surface area contributed by atoms with Gasteiger partial charge in [0.05, 0.1) is 18.0 Å². The van der Waals surface area contributed by atoms with Crippen molar-refractivity contribution in [1.29, 1.82) is 0 Å². The van der Waals surface area contributed by atoms with Crippen LogP contribution in [0.2, 0.25) is 0 Å². The van der Waals surface area contributed by atoms with Crippen LogP contribution in [0.3, 0.4) is 0 Å². The SMILES string of the molecule is CNCc1nc(C(C)C)ncc1OC(C)C. The highest BCUT2D eigenvalue weighted by Crippen LogP contribution is 2.19. The van der Waals surface area contributed by atoms with Gasteiger partial charge < -0.3 is 10.1 Å². The third kappa shape index (κ3) is 3.45. The van der Waals surface area contributed by atoms with Crippen molar-refractivity contribution in [3.63, 3.8) is 0 Å². The molecule has 90 valence electrons. The second kappa shape index (κ2) is 5.80. The van der Waals surface area contributed by atoms with E-state index >= 15 is 0 Å². The maximum absolute atomic E-state index is 5.67. The molecular formula is C12H21N3O. The van der Waals surface area contributed by atoms with Crippen LogP contribution in [-0.2, 0) is 6.54 Å². The van der Waals surface area contributed by atoms with Gasteiger partial charge in [0.1, 0.15) is 5.82 Å². The molecule has 1 N–H and O–H groups in total. The molecule has 0 amide bonds. The normalized spacial score (nSPS) is 11.2. The zero-order chi connectivity index (χ0) is 12.1. The fourth-order valence-corrected chi connectivity index (χ4v) is 1.35. The monoisotopic (exact) mass is 223 g/mol. The van der Waals surface area contributed by atoms with Crippen LogP contribution >= 0.6 is 0 Å². The number of hydrogen-bond acceptors (Lipinski definition) is 4. The van der Waals surface area contributed by atoms with Crippen molar-refractivity contribution in [3.05, 3.63) is 17.7 Å². The van der Waals surface area contributed by atoms with Crippen molar-refractivity contribution < 1.29 is 4.74 Å². The summed E-state index contributed by atoms with van der Waals surface area (Å²) in [4.78, 5) is 8.83. The summed E-state index contributed by atoms with van der Waals surface area (Å²) in [5.74, 6) is 1.97. The molecule has 0 aliphatic carbocycles. The Bertz CT molecular complexity index is 337. The first-order valence-electron chi connectivity index (χ1n) is 5.71. The molecule has 1 rings (SSSR count). The van der Waals surface area contributed by atoms with Crippen molar-refractivity contribution in [2.45, 2.75) is 46.3 Å². The van der Waals surface area contributed by atoms with E-state index in [9.17, 15) is 0 Å². The van der Waals surface area contributed by atoms with Crippen LogP contribution in [0.25, 0.3) is 0 Å². The van der Waals surface area contributed by atoms with E-state index in [-0.39, 0.29) is 6.10 Å². The first kappa shape index (κ1) is 12.9. The molecule has 0 aromatic carbocycles. The van der Waals surface area contributed by atoms with Gasteiger partial charge in [0, 0.05) is 12.5 Å². The van der Waals surface area contributed by atoms with Crippen LogP contribution in [0.15, 0.2) is 6.20 Å². The molecule has 0 aliphatic rings. The molecule has 0 bridgehead atoms. The average molecular weight is 223 g/mol. The zero-order valence-corrected chi connectivity index (χ0v) is 10.7. The van der Waals surface area contributed by atoms with E-state index in [1.165, 1.54) is 0 Å². The molecule has 1 aromatic rings. The standard InChI is InChI=1S/C12H21N3O/c1-8(2)12-14-7-11(16-9(3)4)10(15-12)6-13-5/h7-9,13H,6H2,1-5H3. The van der Waals surface area contributed by atoms with Gasteiger partial charge >= 0.3 is 0 Å². The lowest BCUT2D eigenvalue weighted by Crippen LogP contribution is -2.15. The summed E-state index contributed by atoms with van der Waals surface area (Å²) < 4.78 is 5.67. The van der Waals surface area contributed by atoms with Crippen molar-refractivity contribution in [2.24, 2.45) is 0 Å². The predicted molar refractivity (Wildman–Crippen MR) is 64.6 cm³/mol. The Kier molecular flexibility index (Phi) is 4.68. The van der Waals surface area contributed by atoms with Gasteiger partial charge in [-0.25, -0.2) is 9.97 Å². The van der Waals surface area contributed by atoms with Crippen LogP contribution in [0.4, 0.5) is 0 Å². The van der Waals surface area contributed by atoms with Gasteiger partial charge in [-0.05, 0) is 20.9 Å². The van der Waals surface area contributed by atoms with Gasteiger partial charge in [0.25, 0.3) is 0 Å². The highest BCUT2D eigenvalue weighted by atomic mass is 16.5. The van der Waals surface area contributed by atoms with Crippen LogP contribution in [0, 0.1) is 0 Å². The molecule has 0 radical (unpaired) electrons. The Morgan fingerprint density at radius 3 is 2.50 bits per heavy atom. The van der Waals surface area contributed by atoms with Crippen molar-refractivity contribution in [1.82, 2.24) is 15.3 Å². The highest BCUT2D eigenvalue weighted by molar-refractivity contribution is 5.25. The van der Waals surface area contributed by atoms with Crippen molar-refractivity contribution >= 4 is 0 Å². The highest BCUT2D eigenvalue weighted by Gasteiger charge is 2.11. The molecule has 1 aromatic heterocycles. The quantitative estimate of drug-likeness (QED) is 0.830. The van der Waals surface area contributed by atoms with Gasteiger partial charge in [-0.2, -0.15) is 0 Å². The Labute approximate surface area is 97.5 Å². The summed E-state index contributed by atoms with van der Waals surface area (Å²) >= 11 is 0. The molecule has 0 saturated heterocycles. The third-order valence-corrected chi connectivity index (χ3v) is 2.07. The molecule has 0 aliphatic heterocycles. The Morgan fingerprint density at radius 2 is 2.00 bits per heavy atom. The van der Waals surface area contributed by atoms with Gasteiger partial charge in [0.15, 0.2) is 5.75 Å². The molecule has 16 heavy (non-hydrogen) atoms. The number of nitrogens with one attached hydrogen (secondary N) is 1. The lowest BCUT2D eigenvalue weighted by Gasteiger charge is -2.14. The summed E-state index contributed by atoms with van der Waals surface area (Å²) in [6.07, 6.45) is 1.92. The fraction of sp³-hybridized carbons (Fsp3) is 0.667. The molecule has 4 heteroatoms. The Balaban J connectivity index is 2.99.